The third-order valence-electron chi connectivity index (χ3n) is 4.82. The summed E-state index contributed by atoms with van der Waals surface area (Å²) in [6.07, 6.45) is 0.857. The van der Waals surface area contributed by atoms with Gasteiger partial charge in [0.1, 0.15) is 5.52 Å². The van der Waals surface area contributed by atoms with E-state index in [1.165, 1.54) is 11.3 Å². The van der Waals surface area contributed by atoms with Crippen LogP contribution < -0.4 is 4.90 Å². The summed E-state index contributed by atoms with van der Waals surface area (Å²) in [5.41, 5.74) is 1.41. The molecule has 1 aromatic heterocycles. The van der Waals surface area contributed by atoms with E-state index < -0.39 is 0 Å². The van der Waals surface area contributed by atoms with Gasteiger partial charge in [-0.1, -0.05) is 59.3 Å². The van der Waals surface area contributed by atoms with E-state index in [9.17, 15) is 4.79 Å². The van der Waals surface area contributed by atoms with Crippen LogP contribution in [-0.2, 0) is 0 Å². The molecule has 0 aliphatic rings. The average molecular weight is 424 g/mol. The van der Waals surface area contributed by atoms with Crippen LogP contribution in [0.4, 0.5) is 5.13 Å². The van der Waals surface area contributed by atoms with Crippen LogP contribution in [-0.4, -0.2) is 43.0 Å². The van der Waals surface area contributed by atoms with Crippen LogP contribution in [0.25, 0.3) is 21.0 Å². The summed E-state index contributed by atoms with van der Waals surface area (Å²) in [6, 6.07) is 19.6. The van der Waals surface area contributed by atoms with Crippen LogP contribution in [0.3, 0.4) is 0 Å². The zero-order chi connectivity index (χ0) is 20.4. The molecule has 0 aliphatic heterocycles. The topological polar surface area (TPSA) is 36.4 Å². The van der Waals surface area contributed by atoms with Gasteiger partial charge in [0.05, 0.1) is 9.72 Å². The zero-order valence-corrected chi connectivity index (χ0v) is 18.0. The van der Waals surface area contributed by atoms with Crippen molar-refractivity contribution in [3.8, 4) is 0 Å². The van der Waals surface area contributed by atoms with Crippen molar-refractivity contribution in [2.75, 3.05) is 32.1 Å². The van der Waals surface area contributed by atoms with Crippen LogP contribution in [0.15, 0.2) is 60.7 Å². The van der Waals surface area contributed by atoms with Gasteiger partial charge in [0.2, 0.25) is 0 Å². The van der Waals surface area contributed by atoms with Gasteiger partial charge in [-0.05, 0) is 62.1 Å². The fourth-order valence-electron chi connectivity index (χ4n) is 3.33. The summed E-state index contributed by atoms with van der Waals surface area (Å²) < 4.78 is 0.983. The molecule has 0 bridgehead atoms. The fourth-order valence-corrected chi connectivity index (χ4v) is 4.62. The lowest BCUT2D eigenvalue weighted by Crippen LogP contribution is -2.33. The number of aromatic nitrogens is 1. The highest BCUT2D eigenvalue weighted by Gasteiger charge is 2.22. The van der Waals surface area contributed by atoms with Crippen molar-refractivity contribution >= 4 is 55.0 Å². The SMILES string of the molecule is CN(C)CCCN(C(=O)c1ccc2ccccc2c1)c1nc2c(Cl)cccc2s1. The molecule has 0 spiro atoms. The number of nitrogens with zero attached hydrogens (tertiary/aromatic N) is 3. The molecule has 0 radical (unpaired) electrons. The van der Waals surface area contributed by atoms with Crippen LogP contribution in [0.2, 0.25) is 5.02 Å². The first-order valence-corrected chi connectivity index (χ1v) is 10.7. The highest BCUT2D eigenvalue weighted by atomic mass is 35.5. The number of anilines is 1. The molecule has 6 heteroatoms. The lowest BCUT2D eigenvalue weighted by molar-refractivity contribution is 0.0986. The van der Waals surface area contributed by atoms with Crippen molar-refractivity contribution in [2.24, 2.45) is 0 Å². The Labute approximate surface area is 179 Å². The Morgan fingerprint density at radius 1 is 1.00 bits per heavy atom. The Balaban J connectivity index is 1.71. The molecule has 4 nitrogen and oxygen atoms in total. The largest absolute Gasteiger partial charge is 0.309 e. The van der Waals surface area contributed by atoms with E-state index in [1.54, 1.807) is 4.90 Å². The second-order valence-electron chi connectivity index (χ2n) is 7.26. The zero-order valence-electron chi connectivity index (χ0n) is 16.4. The van der Waals surface area contributed by atoms with Crippen molar-refractivity contribution in [2.45, 2.75) is 6.42 Å². The summed E-state index contributed by atoms with van der Waals surface area (Å²) in [6.45, 7) is 1.49. The number of carbonyl (C=O) groups is 1. The van der Waals surface area contributed by atoms with Crippen LogP contribution in [0.1, 0.15) is 16.8 Å². The second-order valence-corrected chi connectivity index (χ2v) is 8.67. The number of halogens is 1. The van der Waals surface area contributed by atoms with E-state index in [2.05, 4.69) is 4.90 Å². The predicted molar refractivity (Wildman–Crippen MR) is 123 cm³/mol. The number of carbonyl (C=O) groups excluding carboxylic acids is 1. The van der Waals surface area contributed by atoms with E-state index in [0.717, 1.165) is 34.0 Å². The Morgan fingerprint density at radius 2 is 1.79 bits per heavy atom. The lowest BCUT2D eigenvalue weighted by Gasteiger charge is -2.21. The normalized spacial score (nSPS) is 11.4. The molecule has 0 saturated carbocycles. The van der Waals surface area contributed by atoms with Crippen molar-refractivity contribution in [3.05, 3.63) is 71.2 Å². The molecular formula is C23H22ClN3OS. The van der Waals surface area contributed by atoms with E-state index in [1.807, 2.05) is 74.8 Å². The number of fused-ring (bicyclic) bond motifs is 2. The number of amides is 1. The highest BCUT2D eigenvalue weighted by Crippen LogP contribution is 2.33. The summed E-state index contributed by atoms with van der Waals surface area (Å²) in [7, 11) is 4.07. The fraction of sp³-hybridized carbons (Fsp3) is 0.217. The molecule has 3 aromatic carbocycles. The van der Waals surface area contributed by atoms with Gasteiger partial charge >= 0.3 is 0 Å². The first kappa shape index (κ1) is 19.8. The van der Waals surface area contributed by atoms with Gasteiger partial charge in [-0.2, -0.15) is 0 Å². The van der Waals surface area contributed by atoms with Gasteiger partial charge in [-0.15, -0.1) is 0 Å². The minimum absolute atomic E-state index is 0.0373. The Hall–Kier alpha value is -2.47. The van der Waals surface area contributed by atoms with Crippen LogP contribution in [0, 0.1) is 0 Å². The molecule has 0 aliphatic carbocycles. The Morgan fingerprint density at radius 3 is 2.55 bits per heavy atom. The third kappa shape index (κ3) is 4.27. The number of thiazole rings is 1. The number of hydrogen-bond donors (Lipinski definition) is 0. The maximum atomic E-state index is 13.5. The van der Waals surface area contributed by atoms with E-state index in [4.69, 9.17) is 16.6 Å². The summed E-state index contributed by atoms with van der Waals surface area (Å²) in [5, 5.41) is 3.47. The van der Waals surface area contributed by atoms with Gasteiger partial charge in [-0.3, -0.25) is 9.69 Å². The lowest BCUT2D eigenvalue weighted by atomic mass is 10.1. The average Bonchev–Trinajstić information content (AvgIpc) is 3.15. The monoisotopic (exact) mass is 423 g/mol. The van der Waals surface area contributed by atoms with Crippen LogP contribution >= 0.6 is 22.9 Å². The molecule has 1 amide bonds. The summed E-state index contributed by atoms with van der Waals surface area (Å²) in [5.74, 6) is -0.0373. The maximum Gasteiger partial charge on any atom is 0.260 e. The van der Waals surface area contributed by atoms with E-state index >= 15 is 0 Å². The molecule has 0 fully saturated rings. The minimum Gasteiger partial charge on any atom is -0.309 e. The first-order valence-electron chi connectivity index (χ1n) is 9.53. The van der Waals surface area contributed by atoms with Gasteiger partial charge in [0.25, 0.3) is 5.91 Å². The van der Waals surface area contributed by atoms with Crippen molar-refractivity contribution in [1.82, 2.24) is 9.88 Å². The summed E-state index contributed by atoms with van der Waals surface area (Å²) >= 11 is 7.82. The molecule has 0 N–H and O–H groups in total. The van der Waals surface area contributed by atoms with E-state index in [0.29, 0.717) is 22.3 Å². The number of rotatable bonds is 6. The third-order valence-corrected chi connectivity index (χ3v) is 6.17. The first-order chi connectivity index (χ1) is 14.0. The molecule has 1 heterocycles. The second kappa shape index (κ2) is 8.49. The molecule has 4 aromatic rings. The standard InChI is InChI=1S/C23H22ClN3OS/c1-26(2)13-6-14-27(23-25-21-19(24)9-5-10-20(21)29-23)22(28)18-12-11-16-7-3-4-8-17(16)15-18/h3-5,7-12,15H,6,13-14H2,1-2H3. The van der Waals surface area contributed by atoms with Gasteiger partial charge in [0.15, 0.2) is 5.13 Å². The molecule has 4 rings (SSSR count). The smallest absolute Gasteiger partial charge is 0.260 e. The number of benzene rings is 3. The van der Waals surface area contributed by atoms with Crippen molar-refractivity contribution < 1.29 is 4.79 Å². The molecule has 148 valence electrons. The van der Waals surface area contributed by atoms with Gasteiger partial charge < -0.3 is 4.90 Å². The Kier molecular flexibility index (Phi) is 5.81. The van der Waals surface area contributed by atoms with Crippen LogP contribution in [0.5, 0.6) is 0 Å². The minimum atomic E-state index is -0.0373. The molecule has 0 saturated heterocycles. The maximum absolute atomic E-state index is 13.5. The van der Waals surface area contributed by atoms with E-state index in [-0.39, 0.29) is 5.91 Å². The predicted octanol–water partition coefficient (Wildman–Crippen LogP) is 5.70. The highest BCUT2D eigenvalue weighted by molar-refractivity contribution is 7.22. The van der Waals surface area contributed by atoms with Gasteiger partial charge in [-0.25, -0.2) is 4.98 Å². The number of para-hydroxylation sites is 1. The number of hydrogen-bond acceptors (Lipinski definition) is 4. The quantitative estimate of drug-likeness (QED) is 0.399. The molecular weight excluding hydrogens is 402 g/mol. The van der Waals surface area contributed by atoms with Crippen molar-refractivity contribution in [1.29, 1.82) is 0 Å². The molecule has 0 atom stereocenters. The Bertz CT molecular complexity index is 1170. The van der Waals surface area contributed by atoms with Crippen molar-refractivity contribution in [3.63, 3.8) is 0 Å². The van der Waals surface area contributed by atoms with Gasteiger partial charge in [0, 0.05) is 12.1 Å². The molecule has 0 unspecified atom stereocenters. The molecule has 29 heavy (non-hydrogen) atoms. The summed E-state index contributed by atoms with van der Waals surface area (Å²) in [4.78, 5) is 22.1.